The summed E-state index contributed by atoms with van der Waals surface area (Å²) in [5, 5.41) is 31.4. The third-order valence-electron chi connectivity index (χ3n) is 4.60. The fraction of sp³-hybridized carbons (Fsp3) is 0.826. The Balaban J connectivity index is -0.000000465. The van der Waals surface area contributed by atoms with Gasteiger partial charge in [-0.15, -0.1) is 0 Å². The second kappa shape index (κ2) is 28.4. The monoisotopic (exact) mass is 573 g/mol. The summed E-state index contributed by atoms with van der Waals surface area (Å²) < 4.78 is 0. The Labute approximate surface area is 229 Å². The van der Waals surface area contributed by atoms with E-state index in [0.29, 0.717) is 25.7 Å². The number of carbonyl (C=O) groups is 4. The van der Waals surface area contributed by atoms with Crippen LogP contribution in [-0.2, 0) is 19.2 Å². The van der Waals surface area contributed by atoms with Crippen molar-refractivity contribution in [1.82, 2.24) is 10.6 Å². The smallest absolute Gasteiger partial charge is 0.326 e. The standard InChI is InChI=1S/C10H21NO2S.C8H15NO3S.C5H11NO2S/c1-3-4-5-7-11-9(10(12)13)6-8-14-2;1-3-7(10)9-6(8(11)12)4-5-13-2;1-9-3-2-4(6)5(7)8/h9,11H,3-8H2,1-2H3,(H,12,13);6H,3-5H2,1-2H3,(H,9,10)(H,11,12);4H,2-3,6H2,1H3,(H,7,8). The van der Waals surface area contributed by atoms with Gasteiger partial charge in [-0.05, 0) is 68.3 Å². The summed E-state index contributed by atoms with van der Waals surface area (Å²) in [6.07, 6.45) is 11.3. The minimum Gasteiger partial charge on any atom is -0.480 e. The maximum atomic E-state index is 10.9. The van der Waals surface area contributed by atoms with Crippen molar-refractivity contribution >= 4 is 59.1 Å². The molecule has 0 aromatic heterocycles. The van der Waals surface area contributed by atoms with Gasteiger partial charge >= 0.3 is 17.9 Å². The molecule has 0 aromatic rings. The number of unbranched alkanes of at least 4 members (excludes halogenated alkanes) is 2. The molecule has 7 N–H and O–H groups in total. The largest absolute Gasteiger partial charge is 0.480 e. The van der Waals surface area contributed by atoms with Crippen molar-refractivity contribution in [2.75, 3.05) is 42.6 Å². The van der Waals surface area contributed by atoms with Crippen LogP contribution in [0.15, 0.2) is 0 Å². The Hall–Kier alpha value is -1.15. The molecule has 0 rings (SSSR count). The fourth-order valence-corrected chi connectivity index (χ4v) is 3.79. The van der Waals surface area contributed by atoms with E-state index in [-0.39, 0.29) is 11.9 Å². The van der Waals surface area contributed by atoms with E-state index in [4.69, 9.17) is 21.1 Å². The molecule has 13 heteroatoms. The zero-order valence-corrected chi connectivity index (χ0v) is 24.7. The zero-order chi connectivity index (χ0) is 28.4. The first-order chi connectivity index (χ1) is 17.0. The average molecular weight is 574 g/mol. The van der Waals surface area contributed by atoms with Crippen molar-refractivity contribution in [3.8, 4) is 0 Å². The Morgan fingerprint density at radius 2 is 1.22 bits per heavy atom. The van der Waals surface area contributed by atoms with Crippen LogP contribution in [0.25, 0.3) is 0 Å². The summed E-state index contributed by atoms with van der Waals surface area (Å²) in [7, 11) is 0. The summed E-state index contributed by atoms with van der Waals surface area (Å²) in [5.74, 6) is -0.365. The number of nitrogens with one attached hydrogen (secondary N) is 2. The Morgan fingerprint density at radius 3 is 1.61 bits per heavy atom. The first-order valence-electron chi connectivity index (χ1n) is 12.0. The molecule has 0 heterocycles. The van der Waals surface area contributed by atoms with Crippen molar-refractivity contribution in [2.45, 2.75) is 76.9 Å². The maximum Gasteiger partial charge on any atom is 0.326 e. The molecule has 0 aliphatic carbocycles. The van der Waals surface area contributed by atoms with E-state index in [1.165, 1.54) is 12.8 Å². The van der Waals surface area contributed by atoms with Crippen molar-refractivity contribution in [3.63, 3.8) is 0 Å². The van der Waals surface area contributed by atoms with E-state index in [2.05, 4.69) is 17.6 Å². The molecule has 0 saturated carbocycles. The summed E-state index contributed by atoms with van der Waals surface area (Å²) >= 11 is 4.86. The highest BCUT2D eigenvalue weighted by Gasteiger charge is 2.18. The molecule has 0 aliphatic heterocycles. The topological polar surface area (TPSA) is 179 Å². The van der Waals surface area contributed by atoms with Crippen molar-refractivity contribution in [1.29, 1.82) is 0 Å². The molecule has 0 saturated heterocycles. The molecular weight excluding hydrogens is 526 g/mol. The van der Waals surface area contributed by atoms with Crippen LogP contribution in [0, 0.1) is 0 Å². The van der Waals surface area contributed by atoms with Gasteiger partial charge in [-0.2, -0.15) is 35.3 Å². The summed E-state index contributed by atoms with van der Waals surface area (Å²) in [5.41, 5.74) is 5.19. The number of hydrogen-bond acceptors (Lipinski definition) is 9. The molecular formula is C23H47N3O7S3. The van der Waals surface area contributed by atoms with Gasteiger partial charge in [-0.25, -0.2) is 4.79 Å². The van der Waals surface area contributed by atoms with Crippen LogP contribution >= 0.6 is 35.3 Å². The first kappa shape index (κ1) is 39.4. The third kappa shape index (κ3) is 27.4. The van der Waals surface area contributed by atoms with Gasteiger partial charge in [-0.3, -0.25) is 14.4 Å². The zero-order valence-electron chi connectivity index (χ0n) is 22.3. The molecule has 36 heavy (non-hydrogen) atoms. The van der Waals surface area contributed by atoms with Crippen LogP contribution in [0.3, 0.4) is 0 Å². The van der Waals surface area contributed by atoms with Crippen molar-refractivity contribution in [3.05, 3.63) is 0 Å². The number of carbonyl (C=O) groups excluding carboxylic acids is 1. The van der Waals surface area contributed by atoms with E-state index in [1.807, 2.05) is 18.8 Å². The third-order valence-corrected chi connectivity index (χ3v) is 6.53. The summed E-state index contributed by atoms with van der Waals surface area (Å²) in [6.45, 7) is 4.66. The van der Waals surface area contributed by atoms with Gasteiger partial charge in [0.25, 0.3) is 0 Å². The minimum atomic E-state index is -0.962. The molecule has 0 bridgehead atoms. The molecule has 3 atom stereocenters. The number of carboxylic acid groups (broad SMARTS) is 3. The lowest BCUT2D eigenvalue weighted by molar-refractivity contribution is -0.142. The predicted molar refractivity (Wildman–Crippen MR) is 153 cm³/mol. The lowest BCUT2D eigenvalue weighted by atomic mass is 10.2. The number of nitrogens with two attached hydrogens (primary N) is 1. The number of carboxylic acids is 3. The van der Waals surface area contributed by atoms with E-state index >= 15 is 0 Å². The second-order valence-electron chi connectivity index (χ2n) is 7.65. The van der Waals surface area contributed by atoms with E-state index in [1.54, 1.807) is 42.2 Å². The molecule has 0 spiro atoms. The number of hydrogen-bond donors (Lipinski definition) is 6. The van der Waals surface area contributed by atoms with Gasteiger partial charge in [-0.1, -0.05) is 26.7 Å². The predicted octanol–water partition coefficient (Wildman–Crippen LogP) is 2.84. The molecule has 0 radical (unpaired) electrons. The second-order valence-corrected chi connectivity index (χ2v) is 10.6. The van der Waals surface area contributed by atoms with E-state index in [9.17, 15) is 19.2 Å². The van der Waals surface area contributed by atoms with E-state index < -0.39 is 30.0 Å². The lowest BCUT2D eigenvalue weighted by Gasteiger charge is -2.13. The number of rotatable bonds is 19. The quantitative estimate of drug-likeness (QED) is 0.125. The van der Waals surface area contributed by atoms with Gasteiger partial charge in [0, 0.05) is 6.42 Å². The van der Waals surface area contributed by atoms with Crippen LogP contribution in [0.1, 0.15) is 58.8 Å². The minimum absolute atomic E-state index is 0.214. The fourth-order valence-electron chi connectivity index (χ4n) is 2.36. The summed E-state index contributed by atoms with van der Waals surface area (Å²) in [6, 6.07) is -1.78. The van der Waals surface area contributed by atoms with Crippen LogP contribution in [0.4, 0.5) is 0 Å². The number of aliphatic carboxylic acids is 3. The van der Waals surface area contributed by atoms with Gasteiger partial charge in [0.1, 0.15) is 18.1 Å². The maximum absolute atomic E-state index is 10.9. The van der Waals surface area contributed by atoms with Crippen LogP contribution in [0.5, 0.6) is 0 Å². The molecule has 0 fully saturated rings. The molecule has 1 amide bonds. The molecule has 214 valence electrons. The molecule has 10 nitrogen and oxygen atoms in total. The average Bonchev–Trinajstić information content (AvgIpc) is 2.84. The van der Waals surface area contributed by atoms with Crippen LogP contribution in [-0.4, -0.2) is 99.8 Å². The van der Waals surface area contributed by atoms with Gasteiger partial charge < -0.3 is 31.7 Å². The lowest BCUT2D eigenvalue weighted by Crippen LogP contribution is -2.40. The summed E-state index contributed by atoms with van der Waals surface area (Å²) in [4.78, 5) is 42.4. The number of amides is 1. The Kier molecular flexibility index (Phi) is 31.1. The highest BCUT2D eigenvalue weighted by molar-refractivity contribution is 7.98. The normalized spacial score (nSPS) is 12.6. The molecule has 0 aromatic carbocycles. The highest BCUT2D eigenvalue weighted by Crippen LogP contribution is 2.02. The highest BCUT2D eigenvalue weighted by atomic mass is 32.2. The number of thioether (sulfide) groups is 3. The van der Waals surface area contributed by atoms with Gasteiger partial charge in [0.15, 0.2) is 0 Å². The van der Waals surface area contributed by atoms with Crippen LogP contribution < -0.4 is 16.4 Å². The molecule has 0 aliphatic rings. The molecule has 3 unspecified atom stereocenters. The van der Waals surface area contributed by atoms with E-state index in [0.717, 1.165) is 30.2 Å². The van der Waals surface area contributed by atoms with Crippen LogP contribution in [0.2, 0.25) is 0 Å². The van der Waals surface area contributed by atoms with Crippen molar-refractivity contribution in [2.24, 2.45) is 5.73 Å². The Morgan fingerprint density at radius 1 is 0.750 bits per heavy atom. The van der Waals surface area contributed by atoms with Crippen molar-refractivity contribution < 1.29 is 34.5 Å². The SMILES string of the molecule is CCC(=O)NC(CCSC)C(=O)O.CCCCCNC(CCSC)C(=O)O.CSCCC(N)C(=O)O. The Bertz CT molecular complexity index is 587. The first-order valence-corrected chi connectivity index (χ1v) is 16.1. The van der Waals surface area contributed by atoms with Gasteiger partial charge in [0.2, 0.25) is 5.91 Å². The van der Waals surface area contributed by atoms with Gasteiger partial charge in [0.05, 0.1) is 0 Å².